The molecule has 2 unspecified atom stereocenters. The fraction of sp³-hybridized carbons (Fsp3) is 0.944. The van der Waals surface area contributed by atoms with Crippen LogP contribution in [0.1, 0.15) is 52.4 Å². The van der Waals surface area contributed by atoms with Crippen LogP contribution in [0, 0.1) is 11.8 Å². The first-order valence-corrected chi connectivity index (χ1v) is 9.61. The van der Waals surface area contributed by atoms with E-state index in [0.29, 0.717) is 5.92 Å². The molecule has 0 aromatic rings. The molecule has 1 saturated heterocycles. The van der Waals surface area contributed by atoms with E-state index in [1.165, 1.54) is 32.5 Å². The lowest BCUT2D eigenvalue weighted by molar-refractivity contribution is 0.136. The first-order chi connectivity index (χ1) is 11.2. The highest BCUT2D eigenvalue weighted by Gasteiger charge is 2.24. The number of aliphatic hydroxyl groups is 1. The molecular weight excluding hydrogens is 288 g/mol. The normalized spacial score (nSPS) is 27.3. The zero-order valence-corrected chi connectivity index (χ0v) is 15.1. The van der Waals surface area contributed by atoms with Crippen LogP contribution in [0.25, 0.3) is 0 Å². The van der Waals surface area contributed by atoms with E-state index < -0.39 is 0 Å². The third-order valence-corrected chi connectivity index (χ3v) is 5.27. The van der Waals surface area contributed by atoms with Crippen molar-refractivity contribution in [1.82, 2.24) is 15.5 Å². The lowest BCUT2D eigenvalue weighted by Gasteiger charge is -2.30. The summed E-state index contributed by atoms with van der Waals surface area (Å²) in [4.78, 5) is 7.24. The summed E-state index contributed by atoms with van der Waals surface area (Å²) in [6.07, 6.45) is 6.89. The Kier molecular flexibility index (Phi) is 8.17. The highest BCUT2D eigenvalue weighted by molar-refractivity contribution is 5.79. The fourth-order valence-electron chi connectivity index (χ4n) is 3.58. The number of hydrogen-bond acceptors (Lipinski definition) is 3. The van der Waals surface area contributed by atoms with Gasteiger partial charge in [0.15, 0.2) is 5.96 Å². The van der Waals surface area contributed by atoms with Crippen molar-refractivity contribution < 1.29 is 5.11 Å². The summed E-state index contributed by atoms with van der Waals surface area (Å²) in [5.74, 6) is 2.16. The molecule has 0 aromatic carbocycles. The average Bonchev–Trinajstić information content (AvgIpc) is 2.96. The number of guanidine groups is 1. The van der Waals surface area contributed by atoms with Gasteiger partial charge in [-0.15, -0.1) is 0 Å². The van der Waals surface area contributed by atoms with Crippen LogP contribution in [0.3, 0.4) is 0 Å². The molecule has 2 rings (SSSR count). The Hall–Kier alpha value is -0.810. The first kappa shape index (κ1) is 18.5. The molecule has 0 spiro atoms. The Bertz CT molecular complexity index is 353. The highest BCUT2D eigenvalue weighted by Crippen LogP contribution is 2.25. The third-order valence-electron chi connectivity index (χ3n) is 5.27. The van der Waals surface area contributed by atoms with Crippen molar-refractivity contribution in [3.05, 3.63) is 0 Å². The quantitative estimate of drug-likeness (QED) is 0.380. The second-order valence-electron chi connectivity index (χ2n) is 7.28. The molecule has 0 amide bonds. The number of aliphatic hydroxyl groups excluding tert-OH is 1. The van der Waals surface area contributed by atoms with Gasteiger partial charge in [-0.05, 0) is 64.6 Å². The molecule has 0 aromatic heterocycles. The van der Waals surface area contributed by atoms with Crippen LogP contribution < -0.4 is 10.6 Å². The van der Waals surface area contributed by atoms with E-state index in [0.717, 1.165) is 57.2 Å². The van der Waals surface area contributed by atoms with Gasteiger partial charge in [0.1, 0.15) is 0 Å². The van der Waals surface area contributed by atoms with Gasteiger partial charge in [0, 0.05) is 25.6 Å². The molecule has 2 fully saturated rings. The van der Waals surface area contributed by atoms with Crippen LogP contribution in [0.2, 0.25) is 0 Å². The van der Waals surface area contributed by atoms with Gasteiger partial charge in [-0.2, -0.15) is 0 Å². The summed E-state index contributed by atoms with van der Waals surface area (Å²) in [7, 11) is 0. The molecule has 1 aliphatic heterocycles. The van der Waals surface area contributed by atoms with E-state index in [1.54, 1.807) is 0 Å². The largest absolute Gasteiger partial charge is 0.393 e. The van der Waals surface area contributed by atoms with E-state index in [9.17, 15) is 5.11 Å². The number of nitrogens with zero attached hydrogens (tertiary/aromatic N) is 2. The van der Waals surface area contributed by atoms with Crippen LogP contribution in [0.4, 0.5) is 0 Å². The van der Waals surface area contributed by atoms with E-state index in [1.807, 2.05) is 0 Å². The lowest BCUT2D eigenvalue weighted by Crippen LogP contribution is -2.40. The van der Waals surface area contributed by atoms with Gasteiger partial charge in [-0.3, -0.25) is 4.99 Å². The summed E-state index contributed by atoms with van der Waals surface area (Å²) in [5.41, 5.74) is 0. The van der Waals surface area contributed by atoms with Crippen LogP contribution in [-0.2, 0) is 0 Å². The molecule has 5 heteroatoms. The Morgan fingerprint density at radius 3 is 2.61 bits per heavy atom. The number of hydrogen-bond donors (Lipinski definition) is 3. The van der Waals surface area contributed by atoms with Gasteiger partial charge in [-0.25, -0.2) is 0 Å². The fourth-order valence-corrected chi connectivity index (χ4v) is 3.58. The number of rotatable bonds is 7. The SMILES string of the molecule is CCNC(=NCC1CCCC1O)NCCCN1CCC(C)CC1. The Morgan fingerprint density at radius 2 is 1.96 bits per heavy atom. The van der Waals surface area contributed by atoms with Crippen molar-refractivity contribution in [2.45, 2.75) is 58.5 Å². The smallest absolute Gasteiger partial charge is 0.191 e. The van der Waals surface area contributed by atoms with Crippen LogP contribution >= 0.6 is 0 Å². The predicted octanol–water partition coefficient (Wildman–Crippen LogP) is 1.82. The maximum atomic E-state index is 9.89. The maximum absolute atomic E-state index is 9.89. The van der Waals surface area contributed by atoms with Crippen molar-refractivity contribution in [3.8, 4) is 0 Å². The summed E-state index contributed by atoms with van der Waals surface area (Å²) < 4.78 is 0. The van der Waals surface area contributed by atoms with Gasteiger partial charge in [-0.1, -0.05) is 13.3 Å². The van der Waals surface area contributed by atoms with Gasteiger partial charge < -0.3 is 20.6 Å². The number of aliphatic imine (C=N–C) groups is 1. The van der Waals surface area contributed by atoms with Gasteiger partial charge in [0.2, 0.25) is 0 Å². The molecule has 23 heavy (non-hydrogen) atoms. The third kappa shape index (κ3) is 6.68. The lowest BCUT2D eigenvalue weighted by atomic mass is 9.99. The Balaban J connectivity index is 1.63. The zero-order valence-electron chi connectivity index (χ0n) is 15.1. The van der Waals surface area contributed by atoms with Crippen molar-refractivity contribution >= 4 is 5.96 Å². The van der Waals surface area contributed by atoms with E-state index >= 15 is 0 Å². The summed E-state index contributed by atoms with van der Waals surface area (Å²) in [6.45, 7) is 10.7. The molecule has 2 aliphatic rings. The van der Waals surface area contributed by atoms with E-state index in [2.05, 4.69) is 34.4 Å². The minimum atomic E-state index is -0.150. The summed E-state index contributed by atoms with van der Waals surface area (Å²) in [5, 5.41) is 16.6. The molecule has 3 N–H and O–H groups in total. The Morgan fingerprint density at radius 1 is 1.17 bits per heavy atom. The number of likely N-dealkylation sites (tertiary alicyclic amines) is 1. The predicted molar refractivity (Wildman–Crippen MR) is 96.8 cm³/mol. The summed E-state index contributed by atoms with van der Waals surface area (Å²) >= 11 is 0. The molecule has 0 bridgehead atoms. The second kappa shape index (κ2) is 10.1. The second-order valence-corrected chi connectivity index (χ2v) is 7.28. The topological polar surface area (TPSA) is 59.9 Å². The summed E-state index contributed by atoms with van der Waals surface area (Å²) in [6, 6.07) is 0. The van der Waals surface area contributed by atoms with Gasteiger partial charge in [0.05, 0.1) is 6.10 Å². The van der Waals surface area contributed by atoms with E-state index in [-0.39, 0.29) is 6.10 Å². The molecule has 134 valence electrons. The minimum Gasteiger partial charge on any atom is -0.393 e. The average molecular weight is 325 g/mol. The van der Waals surface area contributed by atoms with Crippen molar-refractivity contribution in [1.29, 1.82) is 0 Å². The van der Waals surface area contributed by atoms with Crippen molar-refractivity contribution in [3.63, 3.8) is 0 Å². The maximum Gasteiger partial charge on any atom is 0.191 e. The van der Waals surface area contributed by atoms with Crippen LogP contribution in [0.5, 0.6) is 0 Å². The molecule has 5 nitrogen and oxygen atoms in total. The van der Waals surface area contributed by atoms with Crippen molar-refractivity contribution in [2.24, 2.45) is 16.8 Å². The molecular formula is C18H36N4O. The van der Waals surface area contributed by atoms with Crippen molar-refractivity contribution in [2.75, 3.05) is 39.3 Å². The number of nitrogens with one attached hydrogen (secondary N) is 2. The van der Waals surface area contributed by atoms with Gasteiger partial charge in [0.25, 0.3) is 0 Å². The standard InChI is InChI=1S/C18H36N4O/c1-3-19-18(21-14-16-6-4-7-17(16)23)20-10-5-11-22-12-8-15(2)9-13-22/h15-17,23H,3-14H2,1-2H3,(H2,19,20,21). The zero-order chi connectivity index (χ0) is 16.5. The minimum absolute atomic E-state index is 0.150. The van der Waals surface area contributed by atoms with Crippen LogP contribution in [-0.4, -0.2) is 61.3 Å². The van der Waals surface area contributed by atoms with E-state index in [4.69, 9.17) is 0 Å². The number of piperidine rings is 1. The van der Waals surface area contributed by atoms with Crippen LogP contribution in [0.15, 0.2) is 4.99 Å². The first-order valence-electron chi connectivity index (χ1n) is 9.61. The Labute approximate surface area is 141 Å². The molecule has 1 saturated carbocycles. The molecule has 1 heterocycles. The molecule has 2 atom stereocenters. The van der Waals surface area contributed by atoms with Gasteiger partial charge >= 0.3 is 0 Å². The molecule has 1 aliphatic carbocycles. The monoisotopic (exact) mass is 324 g/mol. The highest BCUT2D eigenvalue weighted by atomic mass is 16.3. The molecule has 0 radical (unpaired) electrons.